The number of halogens is 1. The number of aryl methyl sites for hydroxylation is 1. The molecule has 0 saturated heterocycles. The molecule has 0 atom stereocenters. The van der Waals surface area contributed by atoms with E-state index in [2.05, 4.69) is 15.9 Å². The van der Waals surface area contributed by atoms with Crippen LogP contribution in [0, 0.1) is 13.8 Å². The maximum absolute atomic E-state index is 5.54. The highest BCUT2D eigenvalue weighted by Gasteiger charge is 2.05. The van der Waals surface area contributed by atoms with Crippen molar-refractivity contribution in [3.8, 4) is 0 Å². The summed E-state index contributed by atoms with van der Waals surface area (Å²) in [6, 6.07) is 3.96. The van der Waals surface area contributed by atoms with Crippen molar-refractivity contribution in [2.75, 3.05) is 0 Å². The second kappa shape index (κ2) is 3.54. The number of thiocarbonyl (C=S) groups is 1. The highest BCUT2D eigenvalue weighted by Crippen LogP contribution is 2.23. The number of rotatable bonds is 1. The molecule has 1 aromatic rings. The first-order valence-corrected chi connectivity index (χ1v) is 4.79. The van der Waals surface area contributed by atoms with Crippen LogP contribution in [0.3, 0.4) is 0 Å². The Labute approximate surface area is 86.1 Å². The highest BCUT2D eigenvalue weighted by atomic mass is 79.9. The summed E-state index contributed by atoms with van der Waals surface area (Å²) in [7, 11) is 0. The maximum Gasteiger partial charge on any atom is 0.104 e. The van der Waals surface area contributed by atoms with Crippen LogP contribution < -0.4 is 5.73 Å². The van der Waals surface area contributed by atoms with Crippen molar-refractivity contribution < 1.29 is 0 Å². The molecule has 2 N–H and O–H groups in total. The fourth-order valence-corrected chi connectivity index (χ4v) is 1.65. The zero-order valence-electron chi connectivity index (χ0n) is 7.02. The first kappa shape index (κ1) is 9.68. The van der Waals surface area contributed by atoms with Crippen LogP contribution in [-0.4, -0.2) is 4.99 Å². The van der Waals surface area contributed by atoms with Gasteiger partial charge in [-0.1, -0.05) is 40.3 Å². The van der Waals surface area contributed by atoms with Gasteiger partial charge < -0.3 is 5.73 Å². The van der Waals surface area contributed by atoms with Gasteiger partial charge >= 0.3 is 0 Å². The van der Waals surface area contributed by atoms with Crippen molar-refractivity contribution in [1.82, 2.24) is 0 Å². The molecule has 1 aromatic carbocycles. The number of benzene rings is 1. The van der Waals surface area contributed by atoms with Gasteiger partial charge in [0.25, 0.3) is 0 Å². The summed E-state index contributed by atoms with van der Waals surface area (Å²) in [5, 5.41) is 0. The van der Waals surface area contributed by atoms with Crippen LogP contribution >= 0.6 is 28.1 Å². The van der Waals surface area contributed by atoms with Gasteiger partial charge in [-0.3, -0.25) is 0 Å². The topological polar surface area (TPSA) is 26.0 Å². The van der Waals surface area contributed by atoms with Crippen LogP contribution in [0.2, 0.25) is 0 Å². The summed E-state index contributed by atoms with van der Waals surface area (Å²) in [6.07, 6.45) is 0. The Kier molecular flexibility index (Phi) is 2.85. The minimum Gasteiger partial charge on any atom is -0.389 e. The molecule has 3 heteroatoms. The Morgan fingerprint density at radius 3 is 2.50 bits per heavy atom. The normalized spacial score (nSPS) is 9.92. The third-order valence-corrected chi connectivity index (χ3v) is 3.28. The smallest absolute Gasteiger partial charge is 0.104 e. The molecule has 12 heavy (non-hydrogen) atoms. The Bertz CT molecular complexity index is 334. The van der Waals surface area contributed by atoms with Crippen LogP contribution in [0.15, 0.2) is 16.6 Å². The van der Waals surface area contributed by atoms with E-state index in [1.165, 1.54) is 5.56 Å². The predicted octanol–water partition coefficient (Wildman–Crippen LogP) is 2.70. The molecular formula is C9H10BrNS. The van der Waals surface area contributed by atoms with Crippen molar-refractivity contribution >= 4 is 33.1 Å². The molecule has 0 aliphatic heterocycles. The van der Waals surface area contributed by atoms with E-state index in [9.17, 15) is 0 Å². The average molecular weight is 244 g/mol. The zero-order valence-corrected chi connectivity index (χ0v) is 9.42. The quantitative estimate of drug-likeness (QED) is 0.768. The van der Waals surface area contributed by atoms with E-state index in [1.54, 1.807) is 0 Å². The molecule has 0 aliphatic rings. The molecule has 0 heterocycles. The third kappa shape index (κ3) is 1.67. The summed E-state index contributed by atoms with van der Waals surface area (Å²) < 4.78 is 1.09. The summed E-state index contributed by atoms with van der Waals surface area (Å²) in [4.78, 5) is 0.452. The first-order chi connectivity index (χ1) is 5.54. The van der Waals surface area contributed by atoms with Crippen molar-refractivity contribution in [3.63, 3.8) is 0 Å². The highest BCUT2D eigenvalue weighted by molar-refractivity contribution is 9.10. The number of nitrogens with two attached hydrogens (primary N) is 1. The summed E-state index contributed by atoms with van der Waals surface area (Å²) in [5.74, 6) is 0. The van der Waals surface area contributed by atoms with Crippen molar-refractivity contribution in [2.45, 2.75) is 13.8 Å². The number of hydrogen-bond acceptors (Lipinski definition) is 1. The summed E-state index contributed by atoms with van der Waals surface area (Å²) in [5.41, 5.74) is 8.81. The van der Waals surface area contributed by atoms with E-state index in [0.29, 0.717) is 4.99 Å². The van der Waals surface area contributed by atoms with E-state index in [4.69, 9.17) is 18.0 Å². The Morgan fingerprint density at radius 1 is 1.42 bits per heavy atom. The first-order valence-electron chi connectivity index (χ1n) is 3.59. The monoisotopic (exact) mass is 243 g/mol. The molecule has 0 fully saturated rings. The van der Waals surface area contributed by atoms with Crippen molar-refractivity contribution in [3.05, 3.63) is 33.3 Å². The maximum atomic E-state index is 5.54. The van der Waals surface area contributed by atoms with E-state index < -0.39 is 0 Å². The molecule has 0 radical (unpaired) electrons. The molecule has 0 spiro atoms. The standard InChI is InChI=1S/C9H10BrNS/c1-5-3-4-7(9(11)12)6(2)8(5)10/h3-4H,1-2H3,(H2,11,12). The minimum atomic E-state index is 0.452. The van der Waals surface area contributed by atoms with Gasteiger partial charge in [-0.25, -0.2) is 0 Å². The van der Waals surface area contributed by atoms with E-state index in [0.717, 1.165) is 15.6 Å². The SMILES string of the molecule is Cc1ccc(C(N)=S)c(C)c1Br. The minimum absolute atomic E-state index is 0.452. The van der Waals surface area contributed by atoms with Gasteiger partial charge in [-0.15, -0.1) is 0 Å². The van der Waals surface area contributed by atoms with Gasteiger partial charge in [0.15, 0.2) is 0 Å². The second-order valence-electron chi connectivity index (χ2n) is 2.73. The molecule has 1 rings (SSSR count). The van der Waals surface area contributed by atoms with Crippen molar-refractivity contribution in [2.24, 2.45) is 5.73 Å². The van der Waals surface area contributed by atoms with E-state index in [-0.39, 0.29) is 0 Å². The van der Waals surface area contributed by atoms with E-state index in [1.807, 2.05) is 26.0 Å². The summed E-state index contributed by atoms with van der Waals surface area (Å²) >= 11 is 8.39. The van der Waals surface area contributed by atoms with Crippen LogP contribution in [0.1, 0.15) is 16.7 Å². The lowest BCUT2D eigenvalue weighted by Gasteiger charge is -2.07. The van der Waals surface area contributed by atoms with Crippen LogP contribution in [0.25, 0.3) is 0 Å². The third-order valence-electron chi connectivity index (χ3n) is 1.84. The average Bonchev–Trinajstić information content (AvgIpc) is 2.00. The van der Waals surface area contributed by atoms with Crippen LogP contribution in [0.4, 0.5) is 0 Å². The van der Waals surface area contributed by atoms with E-state index >= 15 is 0 Å². The Hall–Kier alpha value is -0.410. The Morgan fingerprint density at radius 2 is 2.00 bits per heavy atom. The predicted molar refractivity (Wildman–Crippen MR) is 59.5 cm³/mol. The molecule has 0 unspecified atom stereocenters. The lowest BCUT2D eigenvalue weighted by Crippen LogP contribution is -2.11. The van der Waals surface area contributed by atoms with Gasteiger partial charge in [-0.05, 0) is 25.0 Å². The zero-order chi connectivity index (χ0) is 9.30. The molecular weight excluding hydrogens is 234 g/mol. The van der Waals surface area contributed by atoms with Gasteiger partial charge in [0.2, 0.25) is 0 Å². The summed E-state index contributed by atoms with van der Waals surface area (Å²) in [6.45, 7) is 4.05. The van der Waals surface area contributed by atoms with Crippen LogP contribution in [0.5, 0.6) is 0 Å². The lowest BCUT2D eigenvalue weighted by atomic mass is 10.1. The van der Waals surface area contributed by atoms with Gasteiger partial charge in [0.05, 0.1) is 0 Å². The van der Waals surface area contributed by atoms with Gasteiger partial charge in [-0.2, -0.15) is 0 Å². The van der Waals surface area contributed by atoms with Crippen molar-refractivity contribution in [1.29, 1.82) is 0 Å². The fourth-order valence-electron chi connectivity index (χ4n) is 1.09. The largest absolute Gasteiger partial charge is 0.389 e. The van der Waals surface area contributed by atoms with Gasteiger partial charge in [0, 0.05) is 10.0 Å². The molecule has 64 valence electrons. The molecule has 0 aliphatic carbocycles. The van der Waals surface area contributed by atoms with Crippen LogP contribution in [-0.2, 0) is 0 Å². The second-order valence-corrected chi connectivity index (χ2v) is 3.97. The fraction of sp³-hybridized carbons (Fsp3) is 0.222. The molecule has 0 bridgehead atoms. The lowest BCUT2D eigenvalue weighted by molar-refractivity contribution is 1.32. The molecule has 0 aromatic heterocycles. The van der Waals surface area contributed by atoms with Gasteiger partial charge in [0.1, 0.15) is 4.99 Å². The molecule has 0 amide bonds. The Balaban J connectivity index is 3.36. The molecule has 0 saturated carbocycles. The number of hydrogen-bond donors (Lipinski definition) is 1. The molecule has 1 nitrogen and oxygen atoms in total.